The van der Waals surface area contributed by atoms with Crippen LogP contribution in [0.25, 0.3) is 0 Å². The molecule has 0 aliphatic rings. The van der Waals surface area contributed by atoms with Crippen LogP contribution in [0.5, 0.6) is 0 Å². The summed E-state index contributed by atoms with van der Waals surface area (Å²) in [7, 11) is 2.09. The molecule has 0 saturated heterocycles. The summed E-state index contributed by atoms with van der Waals surface area (Å²) in [5.74, 6) is 0.328. The Morgan fingerprint density at radius 1 is 1.17 bits per heavy atom. The zero-order valence-electron chi connectivity index (χ0n) is 12.3. The second-order valence-electron chi connectivity index (χ2n) is 5.86. The van der Waals surface area contributed by atoms with Crippen molar-refractivity contribution in [3.8, 4) is 0 Å². The summed E-state index contributed by atoms with van der Waals surface area (Å²) in [6.07, 6.45) is 2.18. The smallest absolute Gasteiger partial charge is 0.137 e. The first-order valence-electron chi connectivity index (χ1n) is 6.69. The molecular weight excluding hydrogens is 222 g/mol. The quantitative estimate of drug-likeness (QED) is 0.788. The first kappa shape index (κ1) is 14.7. The fraction of sp³-hybridized carbons (Fsp3) is 0.562. The summed E-state index contributed by atoms with van der Waals surface area (Å²) >= 11 is 0. The van der Waals surface area contributed by atoms with Gasteiger partial charge in [-0.25, -0.2) is 0 Å². The minimum absolute atomic E-state index is 0.111. The summed E-state index contributed by atoms with van der Waals surface area (Å²) in [6, 6.07) is 8.32. The third-order valence-corrected chi connectivity index (χ3v) is 3.26. The van der Waals surface area contributed by atoms with Crippen molar-refractivity contribution in [2.24, 2.45) is 0 Å². The lowest BCUT2D eigenvalue weighted by Crippen LogP contribution is -2.37. The highest BCUT2D eigenvalue weighted by Crippen LogP contribution is 2.22. The fourth-order valence-corrected chi connectivity index (χ4v) is 1.82. The zero-order valence-corrected chi connectivity index (χ0v) is 12.3. The summed E-state index contributed by atoms with van der Waals surface area (Å²) in [6.45, 7) is 8.60. The van der Waals surface area contributed by atoms with Gasteiger partial charge in [-0.3, -0.25) is 4.79 Å². The monoisotopic (exact) mass is 247 g/mol. The molecule has 0 fully saturated rings. The molecule has 2 nitrogen and oxygen atoms in total. The van der Waals surface area contributed by atoms with Crippen molar-refractivity contribution in [2.45, 2.75) is 52.5 Å². The van der Waals surface area contributed by atoms with E-state index in [2.05, 4.69) is 57.0 Å². The highest BCUT2D eigenvalue weighted by atomic mass is 16.1. The molecule has 1 aromatic rings. The Bertz CT molecular complexity index is 387. The number of nitrogens with zero attached hydrogens (tertiary/aromatic N) is 1. The molecule has 1 aromatic carbocycles. The maximum absolute atomic E-state index is 11.6. The van der Waals surface area contributed by atoms with Gasteiger partial charge in [0.1, 0.15) is 5.78 Å². The van der Waals surface area contributed by atoms with E-state index in [9.17, 15) is 4.79 Å². The lowest BCUT2D eigenvalue weighted by Gasteiger charge is -2.34. The maximum atomic E-state index is 11.6. The second kappa shape index (κ2) is 6.03. The van der Waals surface area contributed by atoms with Gasteiger partial charge in [-0.2, -0.15) is 0 Å². The van der Waals surface area contributed by atoms with Crippen LogP contribution in [-0.2, 0) is 11.2 Å². The molecule has 0 bridgehead atoms. The van der Waals surface area contributed by atoms with Gasteiger partial charge in [-0.15, -0.1) is 0 Å². The van der Waals surface area contributed by atoms with Gasteiger partial charge in [0.2, 0.25) is 0 Å². The Morgan fingerprint density at radius 2 is 1.72 bits per heavy atom. The predicted octanol–water partition coefficient (Wildman–Crippen LogP) is 3.83. The van der Waals surface area contributed by atoms with Gasteiger partial charge in [-0.1, -0.05) is 19.1 Å². The number of carbonyl (C=O) groups excluding carboxylic acids is 1. The van der Waals surface area contributed by atoms with E-state index in [1.807, 2.05) is 6.92 Å². The third kappa shape index (κ3) is 4.17. The Labute approximate surface area is 111 Å². The maximum Gasteiger partial charge on any atom is 0.137 e. The molecule has 18 heavy (non-hydrogen) atoms. The topological polar surface area (TPSA) is 20.3 Å². The van der Waals surface area contributed by atoms with Crippen LogP contribution in [-0.4, -0.2) is 18.4 Å². The fourth-order valence-electron chi connectivity index (χ4n) is 1.82. The predicted molar refractivity (Wildman–Crippen MR) is 78.2 cm³/mol. The number of benzene rings is 1. The van der Waals surface area contributed by atoms with E-state index < -0.39 is 0 Å². The lowest BCUT2D eigenvalue weighted by atomic mass is 10.0. The molecule has 2 heteroatoms. The molecule has 0 aliphatic carbocycles. The van der Waals surface area contributed by atoms with Crippen LogP contribution in [0.2, 0.25) is 0 Å². The molecule has 1 rings (SSSR count). The number of Topliss-reactive ketones (excluding diaryl/α,β-unsaturated/α-hetero) is 1. The summed E-state index contributed by atoms with van der Waals surface area (Å²) in [5.41, 5.74) is 2.41. The minimum atomic E-state index is 0.111. The Kier molecular flexibility index (Phi) is 4.94. The number of anilines is 1. The SMILES string of the molecule is CCCC(=O)Cc1ccc(N(C)C(C)(C)C)cc1. The first-order valence-corrected chi connectivity index (χ1v) is 6.69. The van der Waals surface area contributed by atoms with Crippen molar-refractivity contribution in [3.05, 3.63) is 29.8 Å². The van der Waals surface area contributed by atoms with Gasteiger partial charge >= 0.3 is 0 Å². The molecule has 0 amide bonds. The average molecular weight is 247 g/mol. The van der Waals surface area contributed by atoms with Crippen molar-refractivity contribution in [1.82, 2.24) is 0 Å². The van der Waals surface area contributed by atoms with Gasteiger partial charge < -0.3 is 4.90 Å². The average Bonchev–Trinajstić information content (AvgIpc) is 2.28. The first-order chi connectivity index (χ1) is 8.34. The summed E-state index contributed by atoms with van der Waals surface area (Å²) in [5, 5.41) is 0. The van der Waals surface area contributed by atoms with Crippen LogP contribution < -0.4 is 4.90 Å². The molecule has 0 N–H and O–H groups in total. The van der Waals surface area contributed by atoms with Crippen molar-refractivity contribution in [3.63, 3.8) is 0 Å². The van der Waals surface area contributed by atoms with E-state index in [1.165, 1.54) is 5.69 Å². The highest BCUT2D eigenvalue weighted by molar-refractivity contribution is 5.80. The highest BCUT2D eigenvalue weighted by Gasteiger charge is 2.17. The van der Waals surface area contributed by atoms with Crippen LogP contribution >= 0.6 is 0 Å². The van der Waals surface area contributed by atoms with Gasteiger partial charge in [0.05, 0.1) is 0 Å². The molecule has 0 heterocycles. The van der Waals surface area contributed by atoms with Crippen LogP contribution in [0.1, 0.15) is 46.1 Å². The van der Waals surface area contributed by atoms with E-state index in [0.29, 0.717) is 18.6 Å². The van der Waals surface area contributed by atoms with Gasteiger partial charge in [0.25, 0.3) is 0 Å². The van der Waals surface area contributed by atoms with E-state index in [4.69, 9.17) is 0 Å². The van der Waals surface area contributed by atoms with E-state index in [1.54, 1.807) is 0 Å². The Morgan fingerprint density at radius 3 is 2.17 bits per heavy atom. The van der Waals surface area contributed by atoms with E-state index in [0.717, 1.165) is 12.0 Å². The van der Waals surface area contributed by atoms with Crippen molar-refractivity contribution in [1.29, 1.82) is 0 Å². The third-order valence-electron chi connectivity index (χ3n) is 3.26. The molecule has 0 radical (unpaired) electrons. The molecule has 0 saturated carbocycles. The van der Waals surface area contributed by atoms with Crippen LogP contribution in [0.15, 0.2) is 24.3 Å². The number of hydrogen-bond donors (Lipinski definition) is 0. The second-order valence-corrected chi connectivity index (χ2v) is 5.86. The number of carbonyl (C=O) groups is 1. The van der Waals surface area contributed by atoms with Gasteiger partial charge in [0, 0.05) is 31.1 Å². The largest absolute Gasteiger partial charge is 0.370 e. The van der Waals surface area contributed by atoms with Crippen LogP contribution in [0.3, 0.4) is 0 Å². The van der Waals surface area contributed by atoms with Crippen LogP contribution in [0, 0.1) is 0 Å². The minimum Gasteiger partial charge on any atom is -0.370 e. The summed E-state index contributed by atoms with van der Waals surface area (Å²) < 4.78 is 0. The van der Waals surface area contributed by atoms with Gasteiger partial charge in [-0.05, 0) is 44.9 Å². The van der Waals surface area contributed by atoms with Crippen molar-refractivity contribution in [2.75, 3.05) is 11.9 Å². The standard InChI is InChI=1S/C16H25NO/c1-6-7-15(18)12-13-8-10-14(11-9-13)17(5)16(2,3)4/h8-11H,6-7,12H2,1-5H3. The molecule has 100 valence electrons. The Balaban J connectivity index is 2.71. The molecule has 0 aliphatic heterocycles. The summed E-state index contributed by atoms with van der Waals surface area (Å²) in [4.78, 5) is 13.8. The molecule has 0 atom stereocenters. The number of rotatable bonds is 5. The zero-order chi connectivity index (χ0) is 13.8. The van der Waals surface area contributed by atoms with E-state index in [-0.39, 0.29) is 5.54 Å². The normalized spacial score (nSPS) is 11.4. The van der Waals surface area contributed by atoms with Gasteiger partial charge in [0.15, 0.2) is 0 Å². The molecular formula is C16H25NO. The molecule has 0 spiro atoms. The Hall–Kier alpha value is -1.31. The molecule has 0 aromatic heterocycles. The van der Waals surface area contributed by atoms with E-state index >= 15 is 0 Å². The number of ketones is 1. The number of hydrogen-bond acceptors (Lipinski definition) is 2. The van der Waals surface area contributed by atoms with Crippen molar-refractivity contribution >= 4 is 11.5 Å². The van der Waals surface area contributed by atoms with Crippen LogP contribution in [0.4, 0.5) is 5.69 Å². The lowest BCUT2D eigenvalue weighted by molar-refractivity contribution is -0.118. The molecule has 0 unspecified atom stereocenters. The van der Waals surface area contributed by atoms with Crippen molar-refractivity contribution < 1.29 is 4.79 Å².